The third-order valence-corrected chi connectivity index (χ3v) is 4.34. The molecule has 2 heterocycles. The zero-order chi connectivity index (χ0) is 14.1. The van der Waals surface area contributed by atoms with Crippen molar-refractivity contribution in [3.63, 3.8) is 0 Å². The molecule has 0 fully saturated rings. The second kappa shape index (κ2) is 5.30. The van der Waals surface area contributed by atoms with Gasteiger partial charge in [0.15, 0.2) is 0 Å². The second-order valence-electron chi connectivity index (χ2n) is 4.23. The van der Waals surface area contributed by atoms with Crippen LogP contribution in [0.4, 0.5) is 5.69 Å². The van der Waals surface area contributed by atoms with E-state index in [2.05, 4.69) is 31.2 Å². The second-order valence-corrected chi connectivity index (χ2v) is 6.31. The minimum absolute atomic E-state index is 0.148. The molecule has 0 saturated heterocycles. The summed E-state index contributed by atoms with van der Waals surface area (Å²) in [5, 5.41) is 3.85. The average molecular weight is 348 g/mol. The van der Waals surface area contributed by atoms with Gasteiger partial charge in [-0.15, -0.1) is 11.3 Å². The molecule has 1 amide bonds. The van der Waals surface area contributed by atoms with Gasteiger partial charge in [0.05, 0.1) is 25.4 Å². The van der Waals surface area contributed by atoms with Crippen molar-refractivity contribution in [3.05, 3.63) is 51.7 Å². The third kappa shape index (κ3) is 2.57. The van der Waals surface area contributed by atoms with E-state index in [0.717, 1.165) is 19.7 Å². The van der Waals surface area contributed by atoms with Crippen molar-refractivity contribution >= 4 is 49.1 Å². The first-order valence-electron chi connectivity index (χ1n) is 5.91. The number of thiazole rings is 1. The van der Waals surface area contributed by atoms with E-state index in [0.29, 0.717) is 11.3 Å². The summed E-state index contributed by atoms with van der Waals surface area (Å²) in [4.78, 5) is 20.6. The van der Waals surface area contributed by atoms with Gasteiger partial charge in [-0.25, -0.2) is 4.98 Å². The van der Waals surface area contributed by atoms with Gasteiger partial charge in [-0.1, -0.05) is 0 Å². The molecule has 3 aromatic rings. The van der Waals surface area contributed by atoms with E-state index in [-0.39, 0.29) is 5.91 Å². The molecule has 0 unspecified atom stereocenters. The number of carbonyl (C=O) groups is 1. The molecular formula is C14H10BrN3OS. The number of hydrogen-bond acceptors (Lipinski definition) is 4. The Labute approximate surface area is 128 Å². The molecule has 6 heteroatoms. The number of rotatable bonds is 2. The lowest BCUT2D eigenvalue weighted by Crippen LogP contribution is -2.12. The monoisotopic (exact) mass is 347 g/mol. The molecule has 0 radical (unpaired) electrons. The Bertz CT molecular complexity index is 800. The van der Waals surface area contributed by atoms with Crippen LogP contribution >= 0.6 is 27.3 Å². The number of aromatic nitrogens is 2. The third-order valence-electron chi connectivity index (χ3n) is 2.78. The zero-order valence-corrected chi connectivity index (χ0v) is 13.0. The van der Waals surface area contributed by atoms with Gasteiger partial charge in [0.2, 0.25) is 0 Å². The fraction of sp³-hybridized carbons (Fsp3) is 0.0714. The molecule has 2 aromatic heterocycles. The van der Waals surface area contributed by atoms with Crippen molar-refractivity contribution in [2.24, 2.45) is 0 Å². The number of nitrogens with zero attached hydrogens (tertiary/aromatic N) is 2. The number of nitrogens with one attached hydrogen (secondary N) is 1. The molecule has 0 bridgehead atoms. The first-order valence-corrected chi connectivity index (χ1v) is 7.52. The van der Waals surface area contributed by atoms with Gasteiger partial charge in [-0.3, -0.25) is 9.78 Å². The van der Waals surface area contributed by atoms with Crippen LogP contribution in [0.3, 0.4) is 0 Å². The number of fused-ring (bicyclic) bond motifs is 1. The Hall–Kier alpha value is -1.79. The number of carbonyl (C=O) groups excluding carboxylic acids is 1. The van der Waals surface area contributed by atoms with Crippen molar-refractivity contribution in [2.45, 2.75) is 6.92 Å². The number of hydrogen-bond donors (Lipinski definition) is 1. The highest BCUT2D eigenvalue weighted by Crippen LogP contribution is 2.24. The summed E-state index contributed by atoms with van der Waals surface area (Å²) in [5.41, 5.74) is 2.24. The van der Waals surface area contributed by atoms with Gasteiger partial charge in [0, 0.05) is 18.0 Å². The van der Waals surface area contributed by atoms with Crippen LogP contribution in [-0.4, -0.2) is 15.9 Å². The SMILES string of the molecule is Cc1nc2ccc(C(=O)Nc3ccncc3Br)cc2s1. The van der Waals surface area contributed by atoms with Crippen LogP contribution in [0.2, 0.25) is 0 Å². The van der Waals surface area contributed by atoms with Crippen molar-refractivity contribution in [1.82, 2.24) is 9.97 Å². The maximum absolute atomic E-state index is 12.2. The number of pyridine rings is 1. The predicted molar refractivity (Wildman–Crippen MR) is 84.2 cm³/mol. The Morgan fingerprint density at radius 1 is 1.35 bits per heavy atom. The summed E-state index contributed by atoms with van der Waals surface area (Å²) in [6, 6.07) is 7.27. The lowest BCUT2D eigenvalue weighted by atomic mass is 10.2. The number of aryl methyl sites for hydroxylation is 1. The van der Waals surface area contributed by atoms with Gasteiger partial charge in [-0.2, -0.15) is 0 Å². The normalized spacial score (nSPS) is 10.7. The molecule has 0 atom stereocenters. The van der Waals surface area contributed by atoms with Crippen LogP contribution in [0.5, 0.6) is 0 Å². The zero-order valence-electron chi connectivity index (χ0n) is 10.6. The van der Waals surface area contributed by atoms with E-state index in [1.54, 1.807) is 35.9 Å². The molecule has 0 saturated carbocycles. The quantitative estimate of drug-likeness (QED) is 0.761. The van der Waals surface area contributed by atoms with E-state index in [1.807, 2.05) is 19.1 Å². The molecule has 100 valence electrons. The molecule has 0 aliphatic carbocycles. The maximum Gasteiger partial charge on any atom is 0.255 e. The first-order chi connectivity index (χ1) is 9.63. The minimum atomic E-state index is -0.148. The minimum Gasteiger partial charge on any atom is -0.321 e. The fourth-order valence-electron chi connectivity index (χ4n) is 1.85. The van der Waals surface area contributed by atoms with Crippen LogP contribution in [0.1, 0.15) is 15.4 Å². The van der Waals surface area contributed by atoms with E-state index >= 15 is 0 Å². The largest absolute Gasteiger partial charge is 0.321 e. The Kier molecular flexibility index (Phi) is 3.50. The number of anilines is 1. The predicted octanol–water partition coefficient (Wildman–Crippen LogP) is 4.01. The number of amides is 1. The summed E-state index contributed by atoms with van der Waals surface area (Å²) in [7, 11) is 0. The van der Waals surface area contributed by atoms with Gasteiger partial charge in [0.25, 0.3) is 5.91 Å². The molecule has 4 nitrogen and oxygen atoms in total. The lowest BCUT2D eigenvalue weighted by Gasteiger charge is -2.06. The van der Waals surface area contributed by atoms with Crippen LogP contribution < -0.4 is 5.32 Å². The summed E-state index contributed by atoms with van der Waals surface area (Å²) in [5.74, 6) is -0.148. The lowest BCUT2D eigenvalue weighted by molar-refractivity contribution is 0.102. The Balaban J connectivity index is 1.90. The molecule has 0 spiro atoms. The summed E-state index contributed by atoms with van der Waals surface area (Å²) in [6.07, 6.45) is 3.28. The Morgan fingerprint density at radius 3 is 3.00 bits per heavy atom. The van der Waals surface area contributed by atoms with Crippen molar-refractivity contribution in [2.75, 3.05) is 5.32 Å². The molecule has 0 aliphatic rings. The van der Waals surface area contributed by atoms with Gasteiger partial charge < -0.3 is 5.32 Å². The van der Waals surface area contributed by atoms with E-state index in [9.17, 15) is 4.79 Å². The van der Waals surface area contributed by atoms with E-state index in [1.165, 1.54) is 0 Å². The summed E-state index contributed by atoms with van der Waals surface area (Å²) in [6.45, 7) is 1.96. The van der Waals surface area contributed by atoms with E-state index in [4.69, 9.17) is 0 Å². The first kappa shape index (κ1) is 13.2. The summed E-state index contributed by atoms with van der Waals surface area (Å²) < 4.78 is 1.77. The van der Waals surface area contributed by atoms with E-state index < -0.39 is 0 Å². The van der Waals surface area contributed by atoms with Gasteiger partial charge in [0.1, 0.15) is 0 Å². The Morgan fingerprint density at radius 2 is 2.20 bits per heavy atom. The molecule has 0 aliphatic heterocycles. The van der Waals surface area contributed by atoms with Crippen LogP contribution in [0, 0.1) is 6.92 Å². The fourth-order valence-corrected chi connectivity index (χ4v) is 3.07. The van der Waals surface area contributed by atoms with Crippen molar-refractivity contribution in [3.8, 4) is 0 Å². The van der Waals surface area contributed by atoms with Gasteiger partial charge >= 0.3 is 0 Å². The maximum atomic E-state index is 12.2. The average Bonchev–Trinajstić information content (AvgIpc) is 2.80. The molecule has 20 heavy (non-hydrogen) atoms. The molecule has 1 aromatic carbocycles. The number of halogens is 1. The van der Waals surface area contributed by atoms with Crippen molar-refractivity contribution in [1.29, 1.82) is 0 Å². The smallest absolute Gasteiger partial charge is 0.255 e. The summed E-state index contributed by atoms with van der Waals surface area (Å²) >= 11 is 4.94. The van der Waals surface area contributed by atoms with Crippen molar-refractivity contribution < 1.29 is 4.79 Å². The van der Waals surface area contributed by atoms with Crippen LogP contribution in [0.25, 0.3) is 10.2 Å². The highest BCUT2D eigenvalue weighted by molar-refractivity contribution is 9.10. The van der Waals surface area contributed by atoms with Crippen LogP contribution in [0.15, 0.2) is 41.1 Å². The molecule has 1 N–H and O–H groups in total. The highest BCUT2D eigenvalue weighted by atomic mass is 79.9. The highest BCUT2D eigenvalue weighted by Gasteiger charge is 2.10. The number of benzene rings is 1. The standard InChI is InChI=1S/C14H10BrN3OS/c1-8-17-12-3-2-9(6-13(12)20-8)14(19)18-11-4-5-16-7-10(11)15/h2-7H,1H3,(H,16,18,19). The molecule has 3 rings (SSSR count). The molecular weight excluding hydrogens is 338 g/mol. The topological polar surface area (TPSA) is 54.9 Å². The van der Waals surface area contributed by atoms with Gasteiger partial charge in [-0.05, 0) is 47.1 Å². The van der Waals surface area contributed by atoms with Crippen LogP contribution in [-0.2, 0) is 0 Å².